The molecule has 6 nitrogen and oxygen atoms in total. The van der Waals surface area contributed by atoms with E-state index in [0.717, 1.165) is 0 Å². The van der Waals surface area contributed by atoms with E-state index >= 15 is 0 Å². The van der Waals surface area contributed by atoms with Gasteiger partial charge in [-0.15, -0.1) is 0 Å². The molecule has 0 unspecified atom stereocenters. The summed E-state index contributed by atoms with van der Waals surface area (Å²) in [4.78, 5) is 23.7. The molecular weight excluding hydrogens is 236 g/mol. The molecular formula is C12H16N2O4. The zero-order valence-electron chi connectivity index (χ0n) is 10.6. The fourth-order valence-electron chi connectivity index (χ4n) is 1.57. The molecule has 1 aromatic rings. The minimum Gasteiger partial charge on any atom is -0.480 e. The molecule has 0 saturated heterocycles. The summed E-state index contributed by atoms with van der Waals surface area (Å²) in [6.07, 6.45) is 0. The highest BCUT2D eigenvalue weighted by Crippen LogP contribution is 2.25. The van der Waals surface area contributed by atoms with Gasteiger partial charge in [-0.25, -0.2) is 4.79 Å². The van der Waals surface area contributed by atoms with Crippen molar-refractivity contribution in [2.45, 2.75) is 6.92 Å². The van der Waals surface area contributed by atoms with E-state index in [-0.39, 0.29) is 12.1 Å². The predicted octanol–water partition coefficient (Wildman–Crippen LogP) is 0.885. The Morgan fingerprint density at radius 3 is 2.56 bits per heavy atom. The lowest BCUT2D eigenvalue weighted by molar-refractivity contribution is -0.135. The number of esters is 1. The molecule has 6 heteroatoms. The molecule has 18 heavy (non-hydrogen) atoms. The quantitative estimate of drug-likeness (QED) is 0.610. The maximum atomic E-state index is 11.5. The molecule has 0 atom stereocenters. The van der Waals surface area contributed by atoms with Crippen molar-refractivity contribution >= 4 is 23.3 Å². The molecule has 1 rings (SSSR count). The fourth-order valence-corrected chi connectivity index (χ4v) is 1.57. The predicted molar refractivity (Wildman–Crippen MR) is 67.8 cm³/mol. The maximum absolute atomic E-state index is 11.5. The van der Waals surface area contributed by atoms with Gasteiger partial charge in [0.1, 0.15) is 6.54 Å². The maximum Gasteiger partial charge on any atom is 0.340 e. The topological polar surface area (TPSA) is 92.9 Å². The van der Waals surface area contributed by atoms with Crippen molar-refractivity contribution in [3.05, 3.63) is 23.3 Å². The zero-order valence-corrected chi connectivity index (χ0v) is 10.6. The van der Waals surface area contributed by atoms with Crippen LogP contribution in [0.25, 0.3) is 0 Å². The first-order valence-corrected chi connectivity index (χ1v) is 5.28. The molecule has 0 aliphatic rings. The third-order valence-electron chi connectivity index (χ3n) is 2.59. The van der Waals surface area contributed by atoms with Crippen LogP contribution in [0.15, 0.2) is 12.1 Å². The number of carbonyl (C=O) groups excluding carboxylic acids is 1. The smallest absolute Gasteiger partial charge is 0.340 e. The third-order valence-corrected chi connectivity index (χ3v) is 2.59. The molecule has 3 N–H and O–H groups in total. The number of aryl methyl sites for hydroxylation is 1. The molecule has 98 valence electrons. The summed E-state index contributed by atoms with van der Waals surface area (Å²) < 4.78 is 4.63. The van der Waals surface area contributed by atoms with Crippen LogP contribution in [-0.2, 0) is 9.53 Å². The van der Waals surface area contributed by atoms with Crippen LogP contribution in [0, 0.1) is 6.92 Å². The normalized spacial score (nSPS) is 9.94. The van der Waals surface area contributed by atoms with E-state index in [1.807, 2.05) is 0 Å². The summed E-state index contributed by atoms with van der Waals surface area (Å²) in [6.45, 7) is 1.59. The Bertz CT molecular complexity index is 485. The third kappa shape index (κ3) is 2.91. The van der Waals surface area contributed by atoms with Crippen LogP contribution in [0.1, 0.15) is 15.9 Å². The van der Waals surface area contributed by atoms with E-state index in [0.29, 0.717) is 16.9 Å². The largest absolute Gasteiger partial charge is 0.480 e. The lowest BCUT2D eigenvalue weighted by Gasteiger charge is -2.19. The second-order valence-electron chi connectivity index (χ2n) is 3.97. The Kier molecular flexibility index (Phi) is 4.14. The van der Waals surface area contributed by atoms with Gasteiger partial charge in [0, 0.05) is 18.4 Å². The number of benzene rings is 1. The number of carboxylic acid groups (broad SMARTS) is 1. The van der Waals surface area contributed by atoms with Crippen LogP contribution < -0.4 is 10.6 Å². The van der Waals surface area contributed by atoms with Crippen molar-refractivity contribution in [1.82, 2.24) is 0 Å². The SMILES string of the molecule is COC(=O)c1cc(N(C)CC(=O)O)cc(C)c1N. The average Bonchev–Trinajstić information content (AvgIpc) is 2.30. The van der Waals surface area contributed by atoms with Crippen molar-refractivity contribution in [3.8, 4) is 0 Å². The second kappa shape index (κ2) is 5.39. The number of aliphatic carboxylic acids is 1. The first-order valence-electron chi connectivity index (χ1n) is 5.28. The lowest BCUT2D eigenvalue weighted by atomic mass is 10.1. The number of nitrogen functional groups attached to an aromatic ring is 1. The van der Waals surface area contributed by atoms with Crippen molar-refractivity contribution in [3.63, 3.8) is 0 Å². The van der Waals surface area contributed by atoms with Crippen molar-refractivity contribution in [2.24, 2.45) is 0 Å². The first kappa shape index (κ1) is 13.8. The summed E-state index contributed by atoms with van der Waals surface area (Å²) in [6, 6.07) is 3.25. The number of ether oxygens (including phenoxy) is 1. The summed E-state index contributed by atoms with van der Waals surface area (Å²) in [5.41, 5.74) is 7.68. The second-order valence-corrected chi connectivity index (χ2v) is 3.97. The zero-order chi connectivity index (χ0) is 13.9. The van der Waals surface area contributed by atoms with Crippen molar-refractivity contribution in [2.75, 3.05) is 31.3 Å². The number of nitrogens with zero attached hydrogens (tertiary/aromatic N) is 1. The van der Waals surface area contributed by atoms with E-state index < -0.39 is 11.9 Å². The Morgan fingerprint density at radius 2 is 2.06 bits per heavy atom. The molecule has 0 radical (unpaired) electrons. The number of hydrogen-bond donors (Lipinski definition) is 2. The number of carboxylic acids is 1. The van der Waals surface area contributed by atoms with Gasteiger partial charge >= 0.3 is 11.9 Å². The Hall–Kier alpha value is -2.24. The minimum absolute atomic E-state index is 0.163. The molecule has 0 aliphatic carbocycles. The summed E-state index contributed by atoms with van der Waals surface area (Å²) in [5.74, 6) is -1.49. The van der Waals surface area contributed by atoms with E-state index in [1.54, 1.807) is 20.0 Å². The number of likely N-dealkylation sites (N-methyl/N-ethyl adjacent to an activating group) is 1. The average molecular weight is 252 g/mol. The van der Waals surface area contributed by atoms with Gasteiger partial charge < -0.3 is 20.5 Å². The van der Waals surface area contributed by atoms with Gasteiger partial charge in [-0.3, -0.25) is 4.79 Å². The Morgan fingerprint density at radius 1 is 1.44 bits per heavy atom. The summed E-state index contributed by atoms with van der Waals surface area (Å²) in [5, 5.41) is 8.74. The highest BCUT2D eigenvalue weighted by Gasteiger charge is 2.15. The summed E-state index contributed by atoms with van der Waals surface area (Å²) >= 11 is 0. The monoisotopic (exact) mass is 252 g/mol. The molecule has 0 aliphatic heterocycles. The number of carbonyl (C=O) groups is 2. The van der Waals surface area contributed by atoms with Gasteiger partial charge in [-0.2, -0.15) is 0 Å². The molecule has 0 aromatic heterocycles. The molecule has 0 fully saturated rings. The number of rotatable bonds is 4. The van der Waals surface area contributed by atoms with Crippen LogP contribution in [0.4, 0.5) is 11.4 Å². The van der Waals surface area contributed by atoms with Crippen LogP contribution in [0.5, 0.6) is 0 Å². The molecule has 0 heterocycles. The van der Waals surface area contributed by atoms with Gasteiger partial charge in [0.15, 0.2) is 0 Å². The van der Waals surface area contributed by atoms with E-state index in [9.17, 15) is 9.59 Å². The standard InChI is InChI=1S/C12H16N2O4/c1-7-4-8(14(2)6-10(15)16)5-9(11(7)13)12(17)18-3/h4-5H,6,13H2,1-3H3,(H,15,16). The van der Waals surface area contributed by atoms with Crippen LogP contribution in [0.3, 0.4) is 0 Å². The van der Waals surface area contributed by atoms with E-state index in [1.165, 1.54) is 18.1 Å². The molecule has 0 bridgehead atoms. The van der Waals surface area contributed by atoms with Gasteiger partial charge in [0.2, 0.25) is 0 Å². The molecule has 0 spiro atoms. The van der Waals surface area contributed by atoms with Gasteiger partial charge in [-0.05, 0) is 24.6 Å². The number of hydrogen-bond acceptors (Lipinski definition) is 5. The van der Waals surface area contributed by atoms with E-state index in [4.69, 9.17) is 10.8 Å². The van der Waals surface area contributed by atoms with Crippen LogP contribution >= 0.6 is 0 Å². The molecule has 0 amide bonds. The lowest BCUT2D eigenvalue weighted by Crippen LogP contribution is -2.25. The minimum atomic E-state index is -0.952. The number of methoxy groups -OCH3 is 1. The first-order chi connectivity index (χ1) is 8.36. The highest BCUT2D eigenvalue weighted by molar-refractivity contribution is 5.97. The van der Waals surface area contributed by atoms with Crippen LogP contribution in [-0.4, -0.2) is 37.7 Å². The van der Waals surface area contributed by atoms with Crippen molar-refractivity contribution < 1.29 is 19.4 Å². The number of anilines is 2. The molecule has 0 saturated carbocycles. The van der Waals surface area contributed by atoms with Gasteiger partial charge in [-0.1, -0.05) is 0 Å². The Labute approximate surface area is 105 Å². The highest BCUT2D eigenvalue weighted by atomic mass is 16.5. The Balaban J connectivity index is 3.19. The van der Waals surface area contributed by atoms with Gasteiger partial charge in [0.05, 0.1) is 12.7 Å². The number of nitrogens with two attached hydrogens (primary N) is 1. The van der Waals surface area contributed by atoms with Gasteiger partial charge in [0.25, 0.3) is 0 Å². The molecule has 1 aromatic carbocycles. The van der Waals surface area contributed by atoms with Crippen LogP contribution in [0.2, 0.25) is 0 Å². The summed E-state index contributed by atoms with van der Waals surface area (Å²) in [7, 11) is 2.89. The fraction of sp³-hybridized carbons (Fsp3) is 0.333. The van der Waals surface area contributed by atoms with E-state index in [2.05, 4.69) is 4.74 Å². The van der Waals surface area contributed by atoms with Crippen molar-refractivity contribution in [1.29, 1.82) is 0 Å².